The molecular formula is C14H22N2O4S. The molecule has 2 rings (SSSR count). The number of hydrogen-bond donors (Lipinski definition) is 1. The molecular weight excluding hydrogens is 292 g/mol. The average Bonchev–Trinajstić information content (AvgIpc) is 2.84. The fourth-order valence-electron chi connectivity index (χ4n) is 2.74. The highest BCUT2D eigenvalue weighted by atomic mass is 32.2. The predicted octanol–water partition coefficient (Wildman–Crippen LogP) is 2.02. The summed E-state index contributed by atoms with van der Waals surface area (Å²) in [6.45, 7) is 5.46. The number of nitrogens with zero attached hydrogens (tertiary/aromatic N) is 2. The zero-order valence-electron chi connectivity index (χ0n) is 12.4. The monoisotopic (exact) mass is 314 g/mol. The van der Waals surface area contributed by atoms with Crippen molar-refractivity contribution in [1.29, 1.82) is 0 Å². The van der Waals surface area contributed by atoms with E-state index in [2.05, 4.69) is 0 Å². The van der Waals surface area contributed by atoms with Crippen LogP contribution in [0.15, 0.2) is 17.2 Å². The molecule has 6 nitrogen and oxygen atoms in total. The molecule has 1 fully saturated rings. The van der Waals surface area contributed by atoms with Crippen LogP contribution in [0.3, 0.4) is 0 Å². The zero-order valence-corrected chi connectivity index (χ0v) is 13.3. The van der Waals surface area contributed by atoms with E-state index in [9.17, 15) is 18.3 Å². The first-order chi connectivity index (χ1) is 9.86. The van der Waals surface area contributed by atoms with E-state index in [0.29, 0.717) is 25.6 Å². The van der Waals surface area contributed by atoms with E-state index in [-0.39, 0.29) is 10.6 Å². The van der Waals surface area contributed by atoms with Gasteiger partial charge in [0.05, 0.1) is 0 Å². The van der Waals surface area contributed by atoms with Crippen LogP contribution in [0.4, 0.5) is 0 Å². The van der Waals surface area contributed by atoms with Crippen LogP contribution in [0.5, 0.6) is 0 Å². The van der Waals surface area contributed by atoms with Crippen molar-refractivity contribution < 1.29 is 18.3 Å². The normalized spacial score (nSPS) is 20.6. The Kier molecular flexibility index (Phi) is 4.73. The number of sulfonamides is 1. The predicted molar refractivity (Wildman–Crippen MR) is 78.8 cm³/mol. The second-order valence-corrected chi connectivity index (χ2v) is 7.61. The van der Waals surface area contributed by atoms with Crippen LogP contribution < -0.4 is 0 Å². The molecule has 0 aliphatic carbocycles. The Bertz CT molecular complexity index is 621. The Morgan fingerprint density at radius 2 is 2.19 bits per heavy atom. The Balaban J connectivity index is 2.35. The largest absolute Gasteiger partial charge is 0.477 e. The van der Waals surface area contributed by atoms with Crippen LogP contribution in [-0.4, -0.2) is 41.5 Å². The SMILES string of the molecule is CCCn1cc(S(=O)(=O)N2CCCC(C)C2)cc1C(=O)O. The third-order valence-electron chi connectivity index (χ3n) is 3.81. The Hall–Kier alpha value is -1.34. The van der Waals surface area contributed by atoms with Crippen molar-refractivity contribution >= 4 is 16.0 Å². The molecule has 0 bridgehead atoms. The minimum Gasteiger partial charge on any atom is -0.477 e. The van der Waals surface area contributed by atoms with Gasteiger partial charge in [-0.1, -0.05) is 13.8 Å². The van der Waals surface area contributed by atoms with Crippen molar-refractivity contribution in [1.82, 2.24) is 8.87 Å². The van der Waals surface area contributed by atoms with Gasteiger partial charge in [0, 0.05) is 25.8 Å². The highest BCUT2D eigenvalue weighted by Gasteiger charge is 2.30. The molecule has 1 aromatic rings. The minimum atomic E-state index is -3.60. The van der Waals surface area contributed by atoms with Crippen LogP contribution in [0.25, 0.3) is 0 Å². The lowest BCUT2D eigenvalue weighted by Crippen LogP contribution is -2.38. The van der Waals surface area contributed by atoms with Crippen LogP contribution >= 0.6 is 0 Å². The van der Waals surface area contributed by atoms with Crippen molar-refractivity contribution in [3.63, 3.8) is 0 Å². The molecule has 1 atom stereocenters. The standard InChI is InChI=1S/C14H22N2O4S/c1-3-6-15-10-12(8-13(15)14(17)18)21(19,20)16-7-4-5-11(2)9-16/h8,10-11H,3-7,9H2,1-2H3,(H,17,18). The first kappa shape index (κ1) is 16.0. The lowest BCUT2D eigenvalue weighted by molar-refractivity contribution is 0.0685. The van der Waals surface area contributed by atoms with E-state index in [1.165, 1.54) is 21.1 Å². The van der Waals surface area contributed by atoms with Gasteiger partial charge in [-0.2, -0.15) is 4.31 Å². The van der Waals surface area contributed by atoms with Gasteiger partial charge in [0.25, 0.3) is 0 Å². The number of aromatic nitrogens is 1. The molecule has 2 heterocycles. The van der Waals surface area contributed by atoms with Crippen molar-refractivity contribution in [2.24, 2.45) is 5.92 Å². The van der Waals surface area contributed by atoms with Crippen LogP contribution in [0.1, 0.15) is 43.6 Å². The van der Waals surface area contributed by atoms with Gasteiger partial charge in [-0.15, -0.1) is 0 Å². The Labute approximate surface area is 125 Å². The van der Waals surface area contributed by atoms with Crippen molar-refractivity contribution in [2.75, 3.05) is 13.1 Å². The Morgan fingerprint density at radius 1 is 1.48 bits per heavy atom. The lowest BCUT2D eigenvalue weighted by Gasteiger charge is -2.29. The maximum atomic E-state index is 12.6. The Morgan fingerprint density at radius 3 is 2.76 bits per heavy atom. The minimum absolute atomic E-state index is 0.0282. The van der Waals surface area contributed by atoms with E-state index in [0.717, 1.165) is 19.3 Å². The van der Waals surface area contributed by atoms with Crippen molar-refractivity contribution in [3.8, 4) is 0 Å². The van der Waals surface area contributed by atoms with Gasteiger partial charge in [-0.3, -0.25) is 0 Å². The molecule has 1 aliphatic heterocycles. The molecule has 1 aromatic heterocycles. The van der Waals surface area contributed by atoms with Crippen LogP contribution in [0.2, 0.25) is 0 Å². The maximum Gasteiger partial charge on any atom is 0.352 e. The lowest BCUT2D eigenvalue weighted by atomic mass is 10.0. The van der Waals surface area contributed by atoms with Gasteiger partial charge in [-0.05, 0) is 31.2 Å². The van der Waals surface area contributed by atoms with Gasteiger partial charge >= 0.3 is 5.97 Å². The molecule has 0 amide bonds. The quantitative estimate of drug-likeness (QED) is 0.901. The molecule has 1 aliphatic rings. The summed E-state index contributed by atoms with van der Waals surface area (Å²) in [5, 5.41) is 9.19. The first-order valence-corrected chi connectivity index (χ1v) is 8.74. The molecule has 0 aromatic carbocycles. The molecule has 1 saturated heterocycles. The average molecular weight is 314 g/mol. The number of carboxylic acid groups (broad SMARTS) is 1. The third kappa shape index (κ3) is 3.29. The number of carboxylic acids is 1. The summed E-state index contributed by atoms with van der Waals surface area (Å²) >= 11 is 0. The highest BCUT2D eigenvalue weighted by molar-refractivity contribution is 7.89. The van der Waals surface area contributed by atoms with Crippen LogP contribution in [0, 0.1) is 5.92 Å². The highest BCUT2D eigenvalue weighted by Crippen LogP contribution is 2.25. The van der Waals surface area contributed by atoms with E-state index in [4.69, 9.17) is 0 Å². The summed E-state index contributed by atoms with van der Waals surface area (Å²) in [6.07, 6.45) is 4.07. The third-order valence-corrected chi connectivity index (χ3v) is 5.64. The molecule has 0 radical (unpaired) electrons. The molecule has 7 heteroatoms. The number of hydrogen-bond acceptors (Lipinski definition) is 3. The van der Waals surface area contributed by atoms with E-state index in [1.807, 2.05) is 13.8 Å². The summed E-state index contributed by atoms with van der Waals surface area (Å²) < 4.78 is 28.3. The van der Waals surface area contributed by atoms with Gasteiger partial charge in [0.15, 0.2) is 0 Å². The van der Waals surface area contributed by atoms with E-state index < -0.39 is 16.0 Å². The zero-order chi connectivity index (χ0) is 15.6. The molecule has 21 heavy (non-hydrogen) atoms. The number of aromatic carboxylic acids is 1. The summed E-state index contributed by atoms with van der Waals surface area (Å²) in [7, 11) is -3.60. The fraction of sp³-hybridized carbons (Fsp3) is 0.643. The first-order valence-electron chi connectivity index (χ1n) is 7.30. The van der Waals surface area contributed by atoms with E-state index in [1.54, 1.807) is 0 Å². The summed E-state index contributed by atoms with van der Waals surface area (Å²) in [5.74, 6) is -0.762. The summed E-state index contributed by atoms with van der Waals surface area (Å²) in [6, 6.07) is 1.27. The molecule has 0 saturated carbocycles. The van der Waals surface area contributed by atoms with Gasteiger partial charge in [0.2, 0.25) is 10.0 Å². The molecule has 1 unspecified atom stereocenters. The van der Waals surface area contributed by atoms with Gasteiger partial charge in [-0.25, -0.2) is 13.2 Å². The maximum absolute atomic E-state index is 12.6. The van der Waals surface area contributed by atoms with Crippen molar-refractivity contribution in [2.45, 2.75) is 44.6 Å². The number of aryl methyl sites for hydroxylation is 1. The topological polar surface area (TPSA) is 79.6 Å². The summed E-state index contributed by atoms with van der Waals surface area (Å²) in [4.78, 5) is 11.3. The number of carbonyl (C=O) groups is 1. The fourth-order valence-corrected chi connectivity index (χ4v) is 4.38. The van der Waals surface area contributed by atoms with Gasteiger partial charge < -0.3 is 9.67 Å². The second kappa shape index (κ2) is 6.19. The second-order valence-electron chi connectivity index (χ2n) is 5.67. The van der Waals surface area contributed by atoms with Crippen LogP contribution in [-0.2, 0) is 16.6 Å². The smallest absolute Gasteiger partial charge is 0.352 e. The number of piperidine rings is 1. The van der Waals surface area contributed by atoms with E-state index >= 15 is 0 Å². The number of rotatable bonds is 5. The van der Waals surface area contributed by atoms with Crippen molar-refractivity contribution in [3.05, 3.63) is 18.0 Å². The summed E-state index contributed by atoms with van der Waals surface area (Å²) in [5.41, 5.74) is 0.0282. The molecule has 0 spiro atoms. The molecule has 1 N–H and O–H groups in total. The van der Waals surface area contributed by atoms with Gasteiger partial charge in [0.1, 0.15) is 10.6 Å². The molecule has 118 valence electrons.